The van der Waals surface area contributed by atoms with E-state index in [1.54, 1.807) is 6.92 Å². The molecule has 0 atom stereocenters. The standard InChI is InChI=1S/C13H15N3O5/c1-7(2)14-12(18)13-15-10(16-21-13)6-20-11-8(3)19-5-4-9(11)17/h4-5,7H,6H2,1-3H3,(H,14,18). The number of aromatic nitrogens is 2. The molecule has 2 aromatic rings. The predicted molar refractivity (Wildman–Crippen MR) is 70.9 cm³/mol. The molecule has 21 heavy (non-hydrogen) atoms. The van der Waals surface area contributed by atoms with E-state index in [1.165, 1.54) is 12.3 Å². The molecule has 112 valence electrons. The second kappa shape index (κ2) is 6.21. The monoisotopic (exact) mass is 293 g/mol. The molecular weight excluding hydrogens is 278 g/mol. The lowest BCUT2D eigenvalue weighted by Gasteiger charge is -2.04. The molecule has 0 saturated carbocycles. The Morgan fingerprint density at radius 2 is 2.24 bits per heavy atom. The molecule has 0 aliphatic heterocycles. The molecule has 0 bridgehead atoms. The highest BCUT2D eigenvalue weighted by Gasteiger charge is 2.16. The first-order valence-electron chi connectivity index (χ1n) is 6.32. The van der Waals surface area contributed by atoms with Crippen LogP contribution >= 0.6 is 0 Å². The number of hydrogen-bond acceptors (Lipinski definition) is 7. The Kier molecular flexibility index (Phi) is 4.36. The lowest BCUT2D eigenvalue weighted by atomic mass is 10.4. The fourth-order valence-corrected chi connectivity index (χ4v) is 1.54. The third-order valence-electron chi connectivity index (χ3n) is 2.44. The number of carbonyl (C=O) groups excluding carboxylic acids is 1. The van der Waals surface area contributed by atoms with Gasteiger partial charge in [-0.3, -0.25) is 9.59 Å². The summed E-state index contributed by atoms with van der Waals surface area (Å²) in [4.78, 5) is 27.1. The summed E-state index contributed by atoms with van der Waals surface area (Å²) in [6.45, 7) is 5.13. The van der Waals surface area contributed by atoms with E-state index < -0.39 is 5.91 Å². The lowest BCUT2D eigenvalue weighted by molar-refractivity contribution is 0.0899. The molecule has 0 fully saturated rings. The van der Waals surface area contributed by atoms with Gasteiger partial charge >= 0.3 is 11.8 Å². The van der Waals surface area contributed by atoms with E-state index >= 15 is 0 Å². The number of hydrogen-bond donors (Lipinski definition) is 1. The molecule has 0 aromatic carbocycles. The molecule has 0 aliphatic carbocycles. The number of aryl methyl sites for hydroxylation is 1. The first-order valence-corrected chi connectivity index (χ1v) is 6.32. The van der Waals surface area contributed by atoms with Gasteiger partial charge in [-0.25, -0.2) is 0 Å². The van der Waals surface area contributed by atoms with Crippen LogP contribution in [0.1, 0.15) is 36.1 Å². The lowest BCUT2D eigenvalue weighted by Crippen LogP contribution is -2.30. The van der Waals surface area contributed by atoms with Crippen molar-refractivity contribution in [2.45, 2.75) is 33.4 Å². The Morgan fingerprint density at radius 3 is 2.90 bits per heavy atom. The predicted octanol–water partition coefficient (Wildman–Crippen LogP) is 1.05. The van der Waals surface area contributed by atoms with Gasteiger partial charge in [0.2, 0.25) is 17.0 Å². The Bertz CT molecular complexity index is 689. The van der Waals surface area contributed by atoms with E-state index in [1.807, 2.05) is 13.8 Å². The van der Waals surface area contributed by atoms with Crippen LogP contribution in [0.15, 0.2) is 26.1 Å². The molecule has 0 saturated heterocycles. The zero-order valence-electron chi connectivity index (χ0n) is 11.9. The molecule has 1 N–H and O–H groups in total. The van der Waals surface area contributed by atoms with Crippen molar-refractivity contribution < 1.29 is 18.5 Å². The summed E-state index contributed by atoms with van der Waals surface area (Å²) in [5.74, 6) is -0.0240. The minimum atomic E-state index is -0.459. The number of amides is 1. The van der Waals surface area contributed by atoms with E-state index in [4.69, 9.17) is 13.7 Å². The molecular formula is C13H15N3O5. The molecule has 2 heterocycles. The second-order valence-corrected chi connectivity index (χ2v) is 4.60. The van der Waals surface area contributed by atoms with Crippen molar-refractivity contribution in [2.24, 2.45) is 0 Å². The zero-order chi connectivity index (χ0) is 15.4. The summed E-state index contributed by atoms with van der Waals surface area (Å²) in [6, 6.07) is 1.21. The van der Waals surface area contributed by atoms with Crippen molar-refractivity contribution in [2.75, 3.05) is 0 Å². The summed E-state index contributed by atoms with van der Waals surface area (Å²) in [6.07, 6.45) is 1.28. The Labute approximate surface area is 120 Å². The molecule has 2 aromatic heterocycles. The topological polar surface area (TPSA) is 107 Å². The summed E-state index contributed by atoms with van der Waals surface area (Å²) in [5, 5.41) is 6.24. The third kappa shape index (κ3) is 3.68. The SMILES string of the molecule is Cc1occc(=O)c1OCc1noc(C(=O)NC(C)C)n1. The highest BCUT2D eigenvalue weighted by atomic mass is 16.5. The molecule has 0 aliphatic rings. The fraction of sp³-hybridized carbons (Fsp3) is 0.385. The molecule has 1 amide bonds. The third-order valence-corrected chi connectivity index (χ3v) is 2.44. The van der Waals surface area contributed by atoms with Crippen LogP contribution in [0, 0.1) is 6.92 Å². The molecule has 8 nitrogen and oxygen atoms in total. The van der Waals surface area contributed by atoms with Crippen LogP contribution in [0.4, 0.5) is 0 Å². The fourth-order valence-electron chi connectivity index (χ4n) is 1.54. The largest absolute Gasteiger partial charge is 0.478 e. The van der Waals surface area contributed by atoms with E-state index in [0.29, 0.717) is 5.76 Å². The van der Waals surface area contributed by atoms with Crippen LogP contribution in [0.3, 0.4) is 0 Å². The van der Waals surface area contributed by atoms with Crippen LogP contribution in [-0.2, 0) is 6.61 Å². The minimum Gasteiger partial charge on any atom is -0.478 e. The van der Waals surface area contributed by atoms with Gasteiger partial charge in [-0.1, -0.05) is 5.16 Å². The van der Waals surface area contributed by atoms with Gasteiger partial charge in [0.15, 0.2) is 6.61 Å². The van der Waals surface area contributed by atoms with Gasteiger partial charge in [0.05, 0.1) is 6.26 Å². The van der Waals surface area contributed by atoms with Gasteiger partial charge in [-0.15, -0.1) is 0 Å². The van der Waals surface area contributed by atoms with Gasteiger partial charge < -0.3 is 19.0 Å². The summed E-state index contributed by atoms with van der Waals surface area (Å²) < 4.78 is 15.2. The van der Waals surface area contributed by atoms with Crippen LogP contribution < -0.4 is 15.5 Å². The molecule has 8 heteroatoms. The molecule has 0 unspecified atom stereocenters. The smallest absolute Gasteiger partial charge is 0.316 e. The quantitative estimate of drug-likeness (QED) is 0.877. The summed E-state index contributed by atoms with van der Waals surface area (Å²) >= 11 is 0. The van der Waals surface area contributed by atoms with E-state index in [2.05, 4.69) is 15.5 Å². The first kappa shape index (κ1) is 14.8. The van der Waals surface area contributed by atoms with Crippen LogP contribution in [0.25, 0.3) is 0 Å². The van der Waals surface area contributed by atoms with Crippen molar-refractivity contribution in [1.82, 2.24) is 15.5 Å². The Hall–Kier alpha value is -2.64. The van der Waals surface area contributed by atoms with Crippen molar-refractivity contribution in [3.63, 3.8) is 0 Å². The number of rotatable bonds is 5. The zero-order valence-corrected chi connectivity index (χ0v) is 11.9. The van der Waals surface area contributed by atoms with Gasteiger partial charge in [0, 0.05) is 12.1 Å². The van der Waals surface area contributed by atoms with Gasteiger partial charge in [0.1, 0.15) is 5.76 Å². The normalized spacial score (nSPS) is 10.7. The van der Waals surface area contributed by atoms with Crippen molar-refractivity contribution in [3.05, 3.63) is 40.0 Å². The first-order chi connectivity index (χ1) is 9.97. The number of nitrogens with zero attached hydrogens (tertiary/aromatic N) is 2. The Balaban J connectivity index is 2.03. The minimum absolute atomic E-state index is 0.0410. The van der Waals surface area contributed by atoms with Crippen LogP contribution in [0.5, 0.6) is 5.75 Å². The molecule has 0 spiro atoms. The maximum absolute atomic E-state index is 11.6. The number of carbonyl (C=O) groups is 1. The van der Waals surface area contributed by atoms with Crippen LogP contribution in [0.2, 0.25) is 0 Å². The van der Waals surface area contributed by atoms with E-state index in [9.17, 15) is 9.59 Å². The van der Waals surface area contributed by atoms with Crippen LogP contribution in [-0.4, -0.2) is 22.1 Å². The van der Waals surface area contributed by atoms with Gasteiger partial charge in [-0.2, -0.15) is 4.98 Å². The number of nitrogens with one attached hydrogen (secondary N) is 1. The maximum atomic E-state index is 11.6. The number of ether oxygens (including phenoxy) is 1. The van der Waals surface area contributed by atoms with Crippen molar-refractivity contribution >= 4 is 5.91 Å². The van der Waals surface area contributed by atoms with Gasteiger partial charge in [0.25, 0.3) is 0 Å². The highest BCUT2D eigenvalue weighted by Crippen LogP contribution is 2.12. The average molecular weight is 293 g/mol. The second-order valence-electron chi connectivity index (χ2n) is 4.60. The van der Waals surface area contributed by atoms with Crippen molar-refractivity contribution in [1.29, 1.82) is 0 Å². The molecule has 2 rings (SSSR count). The highest BCUT2D eigenvalue weighted by molar-refractivity contribution is 5.89. The maximum Gasteiger partial charge on any atom is 0.316 e. The summed E-state index contributed by atoms with van der Waals surface area (Å²) in [7, 11) is 0. The van der Waals surface area contributed by atoms with Crippen molar-refractivity contribution in [3.8, 4) is 5.75 Å². The van der Waals surface area contributed by atoms with Gasteiger partial charge in [-0.05, 0) is 20.8 Å². The average Bonchev–Trinajstić information content (AvgIpc) is 2.86. The van der Waals surface area contributed by atoms with E-state index in [-0.39, 0.29) is 35.5 Å². The molecule has 0 radical (unpaired) electrons. The summed E-state index contributed by atoms with van der Waals surface area (Å²) in [5.41, 5.74) is -0.306. The van der Waals surface area contributed by atoms with E-state index in [0.717, 1.165) is 0 Å². The Morgan fingerprint density at radius 1 is 1.48 bits per heavy atom.